The van der Waals surface area contributed by atoms with E-state index in [1.54, 1.807) is 12.1 Å². The molecule has 0 spiro atoms. The highest BCUT2D eigenvalue weighted by molar-refractivity contribution is 5.37. The van der Waals surface area contributed by atoms with Crippen LogP contribution < -0.4 is 4.74 Å². The summed E-state index contributed by atoms with van der Waals surface area (Å²) in [6.07, 6.45) is 1.04. The maximum Gasteiger partial charge on any atom is 0.123 e. The third kappa shape index (κ3) is 4.56. The molecule has 0 bridgehead atoms. The first kappa shape index (κ1) is 16.9. The molecule has 0 aliphatic carbocycles. The van der Waals surface area contributed by atoms with Crippen molar-refractivity contribution in [2.24, 2.45) is 0 Å². The van der Waals surface area contributed by atoms with Crippen molar-refractivity contribution < 1.29 is 13.9 Å². The van der Waals surface area contributed by atoms with Gasteiger partial charge in [-0.1, -0.05) is 18.2 Å². The summed E-state index contributed by atoms with van der Waals surface area (Å²) in [5, 5.41) is 0. The van der Waals surface area contributed by atoms with Crippen LogP contribution in [0.15, 0.2) is 42.5 Å². The van der Waals surface area contributed by atoms with Crippen LogP contribution >= 0.6 is 0 Å². The van der Waals surface area contributed by atoms with Gasteiger partial charge in [-0.2, -0.15) is 0 Å². The van der Waals surface area contributed by atoms with E-state index in [0.29, 0.717) is 6.61 Å². The fraction of sp³-hybridized carbons (Fsp3) is 0.400. The molecule has 4 heteroatoms. The van der Waals surface area contributed by atoms with Crippen molar-refractivity contribution >= 4 is 0 Å². The average Bonchev–Trinajstić information content (AvgIpc) is 2.61. The molecule has 0 amide bonds. The zero-order valence-corrected chi connectivity index (χ0v) is 14.1. The van der Waals surface area contributed by atoms with Crippen LogP contribution in [0.1, 0.15) is 23.6 Å². The largest absolute Gasteiger partial charge is 0.489 e. The molecular weight excluding hydrogens is 305 g/mol. The second-order valence-electron chi connectivity index (χ2n) is 6.07. The molecule has 24 heavy (non-hydrogen) atoms. The van der Waals surface area contributed by atoms with Gasteiger partial charge in [0.15, 0.2) is 0 Å². The highest BCUT2D eigenvalue weighted by atomic mass is 19.1. The minimum absolute atomic E-state index is 0.221. The van der Waals surface area contributed by atoms with E-state index in [0.717, 1.165) is 50.6 Å². The summed E-state index contributed by atoms with van der Waals surface area (Å²) in [5.41, 5.74) is 3.70. The van der Waals surface area contributed by atoms with Crippen LogP contribution in [-0.2, 0) is 24.3 Å². The SMILES string of the molecule is CCOCCN1CCc2cc(OCc3ccc(F)cc3)ccc2C1. The first-order valence-electron chi connectivity index (χ1n) is 8.53. The predicted octanol–water partition coefficient (Wildman–Crippen LogP) is 3.80. The number of halogens is 1. The van der Waals surface area contributed by atoms with E-state index in [2.05, 4.69) is 17.0 Å². The molecule has 1 aliphatic rings. The van der Waals surface area contributed by atoms with Crippen LogP contribution in [0.3, 0.4) is 0 Å². The topological polar surface area (TPSA) is 21.7 Å². The van der Waals surface area contributed by atoms with Gasteiger partial charge in [0.25, 0.3) is 0 Å². The Bertz CT molecular complexity index is 657. The lowest BCUT2D eigenvalue weighted by molar-refractivity contribution is 0.108. The van der Waals surface area contributed by atoms with Gasteiger partial charge in [0.2, 0.25) is 0 Å². The third-order valence-corrected chi connectivity index (χ3v) is 4.34. The molecule has 0 atom stereocenters. The van der Waals surface area contributed by atoms with Gasteiger partial charge < -0.3 is 9.47 Å². The molecule has 2 aromatic rings. The van der Waals surface area contributed by atoms with E-state index < -0.39 is 0 Å². The van der Waals surface area contributed by atoms with Gasteiger partial charge in [0.05, 0.1) is 6.61 Å². The van der Waals surface area contributed by atoms with Gasteiger partial charge in [-0.05, 0) is 54.3 Å². The molecule has 0 unspecified atom stereocenters. The van der Waals surface area contributed by atoms with E-state index in [-0.39, 0.29) is 5.82 Å². The summed E-state index contributed by atoms with van der Waals surface area (Å²) in [5.74, 6) is 0.655. The second kappa shape index (κ2) is 8.27. The fourth-order valence-electron chi connectivity index (χ4n) is 2.95. The normalized spacial score (nSPS) is 14.4. The molecule has 0 radical (unpaired) electrons. The quantitative estimate of drug-likeness (QED) is 0.721. The Labute approximate surface area is 143 Å². The van der Waals surface area contributed by atoms with Gasteiger partial charge >= 0.3 is 0 Å². The molecule has 128 valence electrons. The van der Waals surface area contributed by atoms with E-state index in [4.69, 9.17) is 9.47 Å². The van der Waals surface area contributed by atoms with Crippen molar-refractivity contribution in [2.75, 3.05) is 26.3 Å². The predicted molar refractivity (Wildman–Crippen MR) is 92.6 cm³/mol. The molecule has 3 rings (SSSR count). The van der Waals surface area contributed by atoms with Crippen molar-refractivity contribution in [3.8, 4) is 5.75 Å². The molecule has 0 saturated carbocycles. The molecule has 0 N–H and O–H groups in total. The Morgan fingerprint density at radius 1 is 1.08 bits per heavy atom. The van der Waals surface area contributed by atoms with Crippen molar-refractivity contribution in [1.29, 1.82) is 0 Å². The summed E-state index contributed by atoms with van der Waals surface area (Å²) in [7, 11) is 0. The molecule has 0 fully saturated rings. The first-order valence-corrected chi connectivity index (χ1v) is 8.53. The minimum atomic E-state index is -0.221. The Hall–Kier alpha value is -1.91. The molecule has 3 nitrogen and oxygen atoms in total. The number of ether oxygens (including phenoxy) is 2. The maximum atomic E-state index is 12.9. The van der Waals surface area contributed by atoms with Gasteiger partial charge in [0, 0.05) is 26.2 Å². The molecule has 0 saturated heterocycles. The van der Waals surface area contributed by atoms with Crippen LogP contribution in [0.2, 0.25) is 0 Å². The maximum absolute atomic E-state index is 12.9. The van der Waals surface area contributed by atoms with Crippen LogP contribution in [0.5, 0.6) is 5.75 Å². The third-order valence-electron chi connectivity index (χ3n) is 4.34. The summed E-state index contributed by atoms with van der Waals surface area (Å²) >= 11 is 0. The zero-order valence-electron chi connectivity index (χ0n) is 14.1. The van der Waals surface area contributed by atoms with Gasteiger partial charge in [-0.15, -0.1) is 0 Å². The van der Waals surface area contributed by atoms with E-state index in [1.165, 1.54) is 23.3 Å². The Kier molecular flexibility index (Phi) is 5.83. The Morgan fingerprint density at radius 2 is 1.92 bits per heavy atom. The van der Waals surface area contributed by atoms with Crippen molar-refractivity contribution in [3.63, 3.8) is 0 Å². The first-order chi connectivity index (χ1) is 11.7. The lowest BCUT2D eigenvalue weighted by Crippen LogP contribution is -2.33. The van der Waals surface area contributed by atoms with Crippen LogP contribution in [0, 0.1) is 5.82 Å². The van der Waals surface area contributed by atoms with Crippen LogP contribution in [-0.4, -0.2) is 31.2 Å². The van der Waals surface area contributed by atoms with E-state index in [1.807, 2.05) is 13.0 Å². The zero-order chi connectivity index (χ0) is 16.8. The lowest BCUT2D eigenvalue weighted by Gasteiger charge is -2.28. The smallest absolute Gasteiger partial charge is 0.123 e. The number of rotatable bonds is 7. The molecule has 1 aliphatic heterocycles. The lowest BCUT2D eigenvalue weighted by atomic mass is 9.99. The highest BCUT2D eigenvalue weighted by Gasteiger charge is 2.16. The second-order valence-corrected chi connectivity index (χ2v) is 6.07. The number of benzene rings is 2. The number of nitrogens with zero attached hydrogens (tertiary/aromatic N) is 1. The summed E-state index contributed by atoms with van der Waals surface area (Å²) < 4.78 is 24.2. The Morgan fingerprint density at radius 3 is 2.71 bits per heavy atom. The number of hydrogen-bond donors (Lipinski definition) is 0. The molecular formula is C20H24FNO2. The van der Waals surface area contributed by atoms with Crippen molar-refractivity contribution in [3.05, 3.63) is 65.0 Å². The average molecular weight is 329 g/mol. The molecule has 2 aromatic carbocycles. The van der Waals surface area contributed by atoms with Crippen LogP contribution in [0.4, 0.5) is 4.39 Å². The summed E-state index contributed by atoms with van der Waals surface area (Å²) in [6.45, 7) is 7.07. The van der Waals surface area contributed by atoms with Gasteiger partial charge in [-0.25, -0.2) is 4.39 Å². The minimum Gasteiger partial charge on any atom is -0.489 e. The van der Waals surface area contributed by atoms with Gasteiger partial charge in [-0.3, -0.25) is 4.90 Å². The van der Waals surface area contributed by atoms with E-state index >= 15 is 0 Å². The van der Waals surface area contributed by atoms with Gasteiger partial charge in [0.1, 0.15) is 18.2 Å². The van der Waals surface area contributed by atoms with Crippen molar-refractivity contribution in [2.45, 2.75) is 26.5 Å². The number of hydrogen-bond acceptors (Lipinski definition) is 3. The van der Waals surface area contributed by atoms with Crippen molar-refractivity contribution in [1.82, 2.24) is 4.90 Å². The van der Waals surface area contributed by atoms with E-state index in [9.17, 15) is 4.39 Å². The van der Waals surface area contributed by atoms with Crippen LogP contribution in [0.25, 0.3) is 0 Å². The molecule has 0 aromatic heterocycles. The monoisotopic (exact) mass is 329 g/mol. The standard InChI is InChI=1S/C20H24FNO2/c1-2-23-12-11-22-10-9-17-13-20(8-5-18(17)14-22)24-15-16-3-6-19(21)7-4-16/h3-8,13H,2,9-12,14-15H2,1H3. The molecule has 1 heterocycles. The summed E-state index contributed by atoms with van der Waals surface area (Å²) in [4.78, 5) is 2.43. The fourth-order valence-corrected chi connectivity index (χ4v) is 2.95. The summed E-state index contributed by atoms with van der Waals surface area (Å²) in [6, 6.07) is 12.7. The number of fused-ring (bicyclic) bond motifs is 1. The highest BCUT2D eigenvalue weighted by Crippen LogP contribution is 2.24. The Balaban J connectivity index is 1.56.